The van der Waals surface area contributed by atoms with Crippen molar-refractivity contribution < 1.29 is 21.6 Å². The quantitative estimate of drug-likeness (QED) is 0.785. The van der Waals surface area contributed by atoms with Gasteiger partial charge in [0.05, 0.1) is 0 Å². The van der Waals surface area contributed by atoms with Crippen molar-refractivity contribution in [3.05, 3.63) is 64.4 Å². The molecule has 0 radical (unpaired) electrons. The maximum Gasteiger partial charge on any atom is 0.249 e. The molecule has 2 aromatic rings. The Hall–Kier alpha value is -1.61. The number of benzene rings is 2. The van der Waals surface area contributed by atoms with Crippen molar-refractivity contribution in [2.75, 3.05) is 26.2 Å². The Morgan fingerprint density at radius 1 is 0.962 bits per heavy atom. The molecular weight excluding hydrogens is 389 g/mol. The highest BCUT2D eigenvalue weighted by Gasteiger charge is 2.33. The molecule has 0 aliphatic carbocycles. The minimum atomic E-state index is -4.25. The van der Waals surface area contributed by atoms with E-state index in [-0.39, 0.29) is 13.1 Å². The number of hydrogen-bond acceptors (Lipinski definition) is 3. The summed E-state index contributed by atoms with van der Waals surface area (Å²) in [5, 5.41) is 0.300. The Kier molecular flexibility index (Phi) is 5.57. The van der Waals surface area contributed by atoms with Gasteiger partial charge >= 0.3 is 0 Å². The molecule has 0 amide bonds. The average molecular weight is 405 g/mol. The largest absolute Gasteiger partial charge is 0.296 e. The summed E-state index contributed by atoms with van der Waals surface area (Å²) in [6.07, 6.45) is 0. The van der Waals surface area contributed by atoms with E-state index in [4.69, 9.17) is 11.6 Å². The highest BCUT2D eigenvalue weighted by molar-refractivity contribution is 7.89. The molecule has 140 valence electrons. The summed E-state index contributed by atoms with van der Waals surface area (Å²) in [4.78, 5) is 1.03. The van der Waals surface area contributed by atoms with Gasteiger partial charge in [0.15, 0.2) is 4.90 Å². The smallest absolute Gasteiger partial charge is 0.249 e. The first-order chi connectivity index (χ1) is 12.3. The van der Waals surface area contributed by atoms with E-state index in [1.807, 2.05) is 4.90 Å². The van der Waals surface area contributed by atoms with Crippen LogP contribution in [0.2, 0.25) is 5.02 Å². The molecular formula is C17H16ClF3N2O2S. The normalized spacial score (nSPS) is 16.8. The highest BCUT2D eigenvalue weighted by atomic mass is 35.5. The fourth-order valence-corrected chi connectivity index (χ4v) is 4.64. The third-order valence-corrected chi connectivity index (χ3v) is 6.56. The van der Waals surface area contributed by atoms with Crippen LogP contribution in [-0.4, -0.2) is 43.8 Å². The summed E-state index contributed by atoms with van der Waals surface area (Å²) < 4.78 is 67.0. The fraction of sp³-hybridized carbons (Fsp3) is 0.294. The first kappa shape index (κ1) is 19.2. The molecule has 1 fully saturated rings. The second-order valence-electron chi connectivity index (χ2n) is 5.97. The molecule has 2 aromatic carbocycles. The van der Waals surface area contributed by atoms with Crippen molar-refractivity contribution in [3.63, 3.8) is 0 Å². The molecule has 0 bridgehead atoms. The van der Waals surface area contributed by atoms with E-state index >= 15 is 0 Å². The monoisotopic (exact) mass is 404 g/mol. The molecule has 0 spiro atoms. The van der Waals surface area contributed by atoms with Crippen molar-refractivity contribution in [1.82, 2.24) is 9.21 Å². The maximum atomic E-state index is 13.8. The second-order valence-corrected chi connectivity index (χ2v) is 8.25. The van der Waals surface area contributed by atoms with Crippen LogP contribution in [0.1, 0.15) is 5.56 Å². The molecule has 26 heavy (non-hydrogen) atoms. The predicted molar refractivity (Wildman–Crippen MR) is 91.8 cm³/mol. The van der Waals surface area contributed by atoms with Gasteiger partial charge in [0, 0.05) is 37.7 Å². The number of halogens is 4. The van der Waals surface area contributed by atoms with Crippen molar-refractivity contribution in [1.29, 1.82) is 0 Å². The lowest BCUT2D eigenvalue weighted by molar-refractivity contribution is 0.181. The minimum absolute atomic E-state index is 0.0922. The molecule has 9 heteroatoms. The molecule has 0 saturated carbocycles. The zero-order valence-corrected chi connectivity index (χ0v) is 15.2. The van der Waals surface area contributed by atoms with Crippen molar-refractivity contribution in [2.24, 2.45) is 0 Å². The molecule has 1 aliphatic heterocycles. The summed E-state index contributed by atoms with van der Waals surface area (Å²) in [7, 11) is -4.25. The Morgan fingerprint density at radius 2 is 1.58 bits per heavy atom. The average Bonchev–Trinajstić information content (AvgIpc) is 2.57. The Balaban J connectivity index is 1.70. The SMILES string of the molecule is O=S(=O)(c1c(F)cccc1F)N1CCN(Cc2ccc(F)cc2Cl)CC1. The van der Waals surface area contributed by atoms with E-state index in [0.717, 1.165) is 28.1 Å². The third-order valence-electron chi connectivity index (χ3n) is 4.26. The molecule has 1 aliphatic rings. The van der Waals surface area contributed by atoms with Crippen LogP contribution in [0.25, 0.3) is 0 Å². The van der Waals surface area contributed by atoms with Gasteiger partial charge in [0.1, 0.15) is 17.5 Å². The number of piperazine rings is 1. The van der Waals surface area contributed by atoms with E-state index in [9.17, 15) is 21.6 Å². The molecule has 1 saturated heterocycles. The fourth-order valence-electron chi connectivity index (χ4n) is 2.88. The summed E-state index contributed by atoms with van der Waals surface area (Å²) >= 11 is 6.01. The molecule has 0 unspecified atom stereocenters. The topological polar surface area (TPSA) is 40.6 Å². The second kappa shape index (κ2) is 7.56. The summed E-state index contributed by atoms with van der Waals surface area (Å²) in [6, 6.07) is 7.07. The van der Waals surface area contributed by atoms with Gasteiger partial charge in [0.25, 0.3) is 0 Å². The number of nitrogens with zero attached hydrogens (tertiary/aromatic N) is 2. The number of rotatable bonds is 4. The van der Waals surface area contributed by atoms with Crippen LogP contribution >= 0.6 is 11.6 Å². The van der Waals surface area contributed by atoms with Gasteiger partial charge in [-0.2, -0.15) is 4.31 Å². The molecule has 1 heterocycles. The molecule has 0 aromatic heterocycles. The summed E-state index contributed by atoms with van der Waals surface area (Å²) in [5.74, 6) is -2.64. The van der Waals surface area contributed by atoms with Crippen molar-refractivity contribution >= 4 is 21.6 Å². The lowest BCUT2D eigenvalue weighted by Crippen LogP contribution is -2.48. The Morgan fingerprint density at radius 3 is 2.15 bits per heavy atom. The van der Waals surface area contributed by atoms with Gasteiger partial charge in [-0.15, -0.1) is 0 Å². The van der Waals surface area contributed by atoms with Gasteiger partial charge in [-0.25, -0.2) is 21.6 Å². The van der Waals surface area contributed by atoms with Crippen molar-refractivity contribution in [2.45, 2.75) is 11.4 Å². The summed E-state index contributed by atoms with van der Waals surface area (Å²) in [6.45, 7) is 1.34. The lowest BCUT2D eigenvalue weighted by Gasteiger charge is -2.34. The van der Waals surface area contributed by atoms with Crippen LogP contribution in [0.15, 0.2) is 41.3 Å². The van der Waals surface area contributed by atoms with Crippen molar-refractivity contribution in [3.8, 4) is 0 Å². The van der Waals surface area contributed by atoms with Crippen LogP contribution in [0.4, 0.5) is 13.2 Å². The highest BCUT2D eigenvalue weighted by Crippen LogP contribution is 2.25. The van der Waals surface area contributed by atoms with E-state index in [1.165, 1.54) is 12.1 Å². The van der Waals surface area contributed by atoms with Gasteiger partial charge in [-0.3, -0.25) is 4.90 Å². The van der Waals surface area contributed by atoms with Gasteiger partial charge in [-0.05, 0) is 29.8 Å². The van der Waals surface area contributed by atoms with E-state index in [0.29, 0.717) is 24.7 Å². The number of hydrogen-bond donors (Lipinski definition) is 0. The van der Waals surface area contributed by atoms with E-state index in [2.05, 4.69) is 0 Å². The van der Waals surface area contributed by atoms with Crippen LogP contribution in [0, 0.1) is 17.5 Å². The maximum absolute atomic E-state index is 13.8. The lowest BCUT2D eigenvalue weighted by atomic mass is 10.2. The third kappa shape index (κ3) is 3.88. The van der Waals surface area contributed by atoms with Crippen LogP contribution < -0.4 is 0 Å². The van der Waals surface area contributed by atoms with E-state index in [1.54, 1.807) is 6.07 Å². The zero-order valence-electron chi connectivity index (χ0n) is 13.6. The van der Waals surface area contributed by atoms with Gasteiger partial charge < -0.3 is 0 Å². The van der Waals surface area contributed by atoms with Crippen LogP contribution in [-0.2, 0) is 16.6 Å². The van der Waals surface area contributed by atoms with Gasteiger partial charge in [-0.1, -0.05) is 23.7 Å². The van der Waals surface area contributed by atoms with Gasteiger partial charge in [0.2, 0.25) is 10.0 Å². The van der Waals surface area contributed by atoms with Crippen LogP contribution in [0.3, 0.4) is 0 Å². The Labute approximate surface area is 154 Å². The standard InChI is InChI=1S/C17H16ClF3N2O2S/c18-14-10-13(19)5-4-12(14)11-22-6-8-23(9-7-22)26(24,25)17-15(20)2-1-3-16(17)21/h1-5,10H,6-9,11H2. The molecule has 0 N–H and O–H groups in total. The first-order valence-electron chi connectivity index (χ1n) is 7.89. The Bertz CT molecular complexity index is 896. The summed E-state index contributed by atoms with van der Waals surface area (Å²) in [5.41, 5.74) is 0.726. The molecule has 4 nitrogen and oxygen atoms in total. The van der Waals surface area contributed by atoms with E-state index < -0.39 is 32.4 Å². The minimum Gasteiger partial charge on any atom is -0.296 e. The number of sulfonamides is 1. The first-order valence-corrected chi connectivity index (χ1v) is 9.71. The molecule has 3 rings (SSSR count). The predicted octanol–water partition coefficient (Wildman–Crippen LogP) is 3.26. The van der Waals surface area contributed by atoms with Crippen LogP contribution in [0.5, 0.6) is 0 Å². The molecule has 0 atom stereocenters. The zero-order chi connectivity index (χ0) is 18.9.